The minimum absolute atomic E-state index is 0.833. The Morgan fingerprint density at radius 2 is 1.29 bits per heavy atom. The maximum atomic E-state index is 9.25. The summed E-state index contributed by atoms with van der Waals surface area (Å²) in [4.78, 5) is 18.5. The molecule has 4 heteroatoms. The number of carboxylic acid groups (broad SMARTS) is 2. The van der Waals surface area contributed by atoms with Crippen molar-refractivity contribution in [1.82, 2.24) is 0 Å². The number of hydrogen-bond donors (Lipinski definition) is 2. The summed E-state index contributed by atoms with van der Waals surface area (Å²) < 4.78 is 0. The molecule has 2 aromatic rings. The van der Waals surface area contributed by atoms with Crippen molar-refractivity contribution in [2.75, 3.05) is 0 Å². The highest BCUT2D eigenvalue weighted by Gasteiger charge is 2.00. The van der Waals surface area contributed by atoms with Crippen molar-refractivity contribution in [3.8, 4) is 0 Å². The van der Waals surface area contributed by atoms with Crippen LogP contribution in [0.2, 0.25) is 0 Å². The van der Waals surface area contributed by atoms with Gasteiger partial charge >= 0.3 is 11.9 Å². The van der Waals surface area contributed by atoms with Gasteiger partial charge in [-0.25, -0.2) is 9.59 Å². The molecule has 0 atom stereocenters. The standard InChI is InChI=1S/C14H12.2C3H4O2/c1-3-11-9-10-12-7-5-6-8-14(12)13(11)4-2;2*1-2-3(4)5/h3-10H,1-2H2;2*2H,1H2,(H,4,5). The van der Waals surface area contributed by atoms with E-state index in [2.05, 4.69) is 50.6 Å². The van der Waals surface area contributed by atoms with Crippen LogP contribution in [0.4, 0.5) is 0 Å². The van der Waals surface area contributed by atoms with Gasteiger partial charge in [0.1, 0.15) is 0 Å². The summed E-state index contributed by atoms with van der Waals surface area (Å²) in [6.45, 7) is 13.6. The molecule has 0 unspecified atom stereocenters. The number of rotatable bonds is 4. The van der Waals surface area contributed by atoms with Crippen molar-refractivity contribution in [2.45, 2.75) is 0 Å². The zero-order valence-corrected chi connectivity index (χ0v) is 13.3. The van der Waals surface area contributed by atoms with Crippen LogP contribution in [-0.4, -0.2) is 22.2 Å². The van der Waals surface area contributed by atoms with Gasteiger partial charge in [0.15, 0.2) is 0 Å². The Hall–Kier alpha value is -3.40. The Balaban J connectivity index is 0.000000442. The molecule has 0 spiro atoms. The topological polar surface area (TPSA) is 74.6 Å². The van der Waals surface area contributed by atoms with Gasteiger partial charge in [0, 0.05) is 12.2 Å². The number of carbonyl (C=O) groups is 2. The highest BCUT2D eigenvalue weighted by atomic mass is 16.4. The molecule has 2 aromatic carbocycles. The van der Waals surface area contributed by atoms with Gasteiger partial charge < -0.3 is 10.2 Å². The molecule has 0 saturated carbocycles. The van der Waals surface area contributed by atoms with E-state index in [4.69, 9.17) is 10.2 Å². The van der Waals surface area contributed by atoms with E-state index in [0.717, 1.165) is 23.3 Å². The molecule has 24 heavy (non-hydrogen) atoms. The van der Waals surface area contributed by atoms with E-state index in [1.54, 1.807) is 0 Å². The first-order chi connectivity index (χ1) is 11.4. The van der Waals surface area contributed by atoms with Crippen LogP contribution in [0.5, 0.6) is 0 Å². The number of hydrogen-bond acceptors (Lipinski definition) is 2. The van der Waals surface area contributed by atoms with Crippen molar-refractivity contribution in [3.05, 3.63) is 86.0 Å². The van der Waals surface area contributed by atoms with Gasteiger partial charge in [0.2, 0.25) is 0 Å². The third-order valence-electron chi connectivity index (χ3n) is 2.78. The average molecular weight is 324 g/mol. The Bertz CT molecular complexity index is 739. The van der Waals surface area contributed by atoms with Gasteiger partial charge in [0.25, 0.3) is 0 Å². The van der Waals surface area contributed by atoms with E-state index in [1.807, 2.05) is 24.3 Å². The molecule has 4 nitrogen and oxygen atoms in total. The minimum Gasteiger partial charge on any atom is -0.478 e. The zero-order chi connectivity index (χ0) is 18.5. The predicted molar refractivity (Wildman–Crippen MR) is 99.8 cm³/mol. The summed E-state index contributed by atoms with van der Waals surface area (Å²) in [5, 5.41) is 17.7. The lowest BCUT2D eigenvalue weighted by atomic mass is 9.99. The fourth-order valence-electron chi connectivity index (χ4n) is 1.72. The number of benzene rings is 2. The molecule has 2 N–H and O–H groups in total. The van der Waals surface area contributed by atoms with Crippen LogP contribution in [-0.2, 0) is 9.59 Å². The van der Waals surface area contributed by atoms with Crippen LogP contribution in [0.3, 0.4) is 0 Å². The van der Waals surface area contributed by atoms with Crippen LogP contribution >= 0.6 is 0 Å². The second-order valence-corrected chi connectivity index (χ2v) is 4.28. The molecule has 0 bridgehead atoms. The van der Waals surface area contributed by atoms with Gasteiger partial charge in [-0.1, -0.05) is 74.9 Å². The van der Waals surface area contributed by atoms with Gasteiger partial charge in [-0.2, -0.15) is 0 Å². The quantitative estimate of drug-likeness (QED) is 0.803. The van der Waals surface area contributed by atoms with Gasteiger partial charge in [-0.15, -0.1) is 0 Å². The minimum atomic E-state index is -0.981. The van der Waals surface area contributed by atoms with Gasteiger partial charge in [0.05, 0.1) is 0 Å². The summed E-state index contributed by atoms with van der Waals surface area (Å²) in [6.07, 6.45) is 5.42. The zero-order valence-electron chi connectivity index (χ0n) is 13.3. The molecule has 0 amide bonds. The van der Waals surface area contributed by atoms with Crippen LogP contribution in [0.1, 0.15) is 11.1 Å². The first kappa shape index (κ1) is 20.6. The third kappa shape index (κ3) is 7.04. The first-order valence-corrected chi connectivity index (χ1v) is 6.88. The van der Waals surface area contributed by atoms with Crippen molar-refractivity contribution >= 4 is 34.9 Å². The largest absolute Gasteiger partial charge is 0.478 e. The normalized spacial score (nSPS) is 8.50. The molecular formula is C20H20O4. The molecule has 0 aliphatic heterocycles. The molecule has 0 heterocycles. The molecule has 0 aliphatic carbocycles. The van der Waals surface area contributed by atoms with Crippen LogP contribution in [0.25, 0.3) is 22.9 Å². The van der Waals surface area contributed by atoms with Crippen LogP contribution < -0.4 is 0 Å². The van der Waals surface area contributed by atoms with Crippen molar-refractivity contribution in [1.29, 1.82) is 0 Å². The number of carboxylic acids is 2. The third-order valence-corrected chi connectivity index (χ3v) is 2.78. The highest BCUT2D eigenvalue weighted by Crippen LogP contribution is 2.23. The van der Waals surface area contributed by atoms with Crippen molar-refractivity contribution in [3.63, 3.8) is 0 Å². The fraction of sp³-hybridized carbons (Fsp3) is 0. The number of fused-ring (bicyclic) bond motifs is 1. The van der Waals surface area contributed by atoms with Crippen molar-refractivity contribution in [2.24, 2.45) is 0 Å². The molecule has 2 rings (SSSR count). The summed E-state index contributed by atoms with van der Waals surface area (Å²) in [6, 6.07) is 12.5. The average Bonchev–Trinajstić information content (AvgIpc) is 2.61. The lowest BCUT2D eigenvalue weighted by Crippen LogP contribution is -1.82. The van der Waals surface area contributed by atoms with Gasteiger partial charge in [-0.3, -0.25) is 0 Å². The van der Waals surface area contributed by atoms with E-state index in [0.29, 0.717) is 0 Å². The Morgan fingerprint density at radius 3 is 1.71 bits per heavy atom. The Morgan fingerprint density at radius 1 is 0.792 bits per heavy atom. The summed E-state index contributed by atoms with van der Waals surface area (Å²) in [7, 11) is 0. The molecular weight excluding hydrogens is 304 g/mol. The fourth-order valence-corrected chi connectivity index (χ4v) is 1.72. The van der Waals surface area contributed by atoms with E-state index >= 15 is 0 Å². The predicted octanol–water partition coefficient (Wildman–Crippen LogP) is 4.64. The monoisotopic (exact) mass is 324 g/mol. The number of aliphatic carboxylic acids is 2. The van der Waals surface area contributed by atoms with E-state index in [9.17, 15) is 9.59 Å². The molecule has 0 aliphatic rings. The Labute approximate surface area is 141 Å². The van der Waals surface area contributed by atoms with Crippen LogP contribution in [0, 0.1) is 0 Å². The summed E-state index contributed by atoms with van der Waals surface area (Å²) >= 11 is 0. The highest BCUT2D eigenvalue weighted by molar-refractivity contribution is 5.93. The van der Waals surface area contributed by atoms with Gasteiger partial charge in [-0.05, 0) is 21.9 Å². The molecule has 0 fully saturated rings. The summed E-state index contributed by atoms with van der Waals surface area (Å²) in [5.74, 6) is -1.96. The maximum absolute atomic E-state index is 9.25. The molecule has 0 radical (unpaired) electrons. The van der Waals surface area contributed by atoms with Crippen LogP contribution in [0.15, 0.2) is 74.9 Å². The summed E-state index contributed by atoms with van der Waals surface area (Å²) in [5.41, 5.74) is 2.30. The second-order valence-electron chi connectivity index (χ2n) is 4.28. The van der Waals surface area contributed by atoms with E-state index in [-0.39, 0.29) is 0 Å². The maximum Gasteiger partial charge on any atom is 0.327 e. The van der Waals surface area contributed by atoms with E-state index in [1.165, 1.54) is 10.8 Å². The molecule has 124 valence electrons. The lowest BCUT2D eigenvalue weighted by Gasteiger charge is -2.05. The smallest absolute Gasteiger partial charge is 0.327 e. The first-order valence-electron chi connectivity index (χ1n) is 6.88. The molecule has 0 aromatic heterocycles. The Kier molecular flexibility index (Phi) is 9.62. The SMILES string of the molecule is C=CC(=O)O.C=CC(=O)O.C=Cc1ccc2ccccc2c1C=C. The van der Waals surface area contributed by atoms with Crippen molar-refractivity contribution < 1.29 is 19.8 Å². The lowest BCUT2D eigenvalue weighted by molar-refractivity contribution is -0.132. The molecule has 0 saturated heterocycles. The second kappa shape index (κ2) is 11.2. The van der Waals surface area contributed by atoms with E-state index < -0.39 is 11.9 Å².